The fourth-order valence-corrected chi connectivity index (χ4v) is 8.54. The van der Waals surface area contributed by atoms with Gasteiger partial charge in [0, 0.05) is 66.4 Å². The van der Waals surface area contributed by atoms with Crippen molar-refractivity contribution in [3.8, 4) is 45.5 Å². The van der Waals surface area contributed by atoms with Crippen molar-refractivity contribution in [1.82, 2.24) is 24.1 Å². The number of nitrogens with zero attached hydrogens (tertiary/aromatic N) is 5. The zero-order valence-electron chi connectivity index (χ0n) is 30.5. The molecule has 266 valence electrons. The van der Waals surface area contributed by atoms with E-state index in [0.717, 1.165) is 66.4 Å². The van der Waals surface area contributed by atoms with Gasteiger partial charge in [-0.3, -0.25) is 0 Å². The highest BCUT2D eigenvalue weighted by atomic mass is 16.3. The first-order valence-corrected chi connectivity index (χ1v) is 19.1. The van der Waals surface area contributed by atoms with Crippen molar-refractivity contribution in [1.29, 1.82) is 0 Å². The highest BCUT2D eigenvalue weighted by molar-refractivity contribution is 6.17. The average molecular weight is 730 g/mol. The van der Waals surface area contributed by atoms with Crippen LogP contribution in [0.1, 0.15) is 0 Å². The highest BCUT2D eigenvalue weighted by Crippen LogP contribution is 2.40. The summed E-state index contributed by atoms with van der Waals surface area (Å²) in [5.41, 5.74) is 11.3. The Bertz CT molecular complexity index is 3400. The second kappa shape index (κ2) is 12.3. The summed E-state index contributed by atoms with van der Waals surface area (Å²) in [5.74, 6) is 1.91. The number of rotatable bonds is 5. The fraction of sp³-hybridized carbons (Fsp3) is 0. The van der Waals surface area contributed by atoms with Crippen molar-refractivity contribution in [2.75, 3.05) is 0 Å². The second-order valence-electron chi connectivity index (χ2n) is 14.5. The summed E-state index contributed by atoms with van der Waals surface area (Å²) in [6.07, 6.45) is 0. The van der Waals surface area contributed by atoms with E-state index in [9.17, 15) is 0 Å². The average Bonchev–Trinajstić information content (AvgIpc) is 3.93. The van der Waals surface area contributed by atoms with E-state index in [-0.39, 0.29) is 0 Å². The lowest BCUT2D eigenvalue weighted by atomic mass is 10.1. The third kappa shape index (κ3) is 4.94. The van der Waals surface area contributed by atoms with Crippen molar-refractivity contribution in [2.24, 2.45) is 0 Å². The van der Waals surface area contributed by atoms with Crippen LogP contribution in [0.5, 0.6) is 0 Å². The van der Waals surface area contributed by atoms with Gasteiger partial charge in [-0.15, -0.1) is 0 Å². The number of benzene rings is 8. The lowest BCUT2D eigenvalue weighted by Gasteiger charge is -2.11. The van der Waals surface area contributed by atoms with E-state index in [1.165, 1.54) is 27.2 Å². The van der Waals surface area contributed by atoms with Crippen LogP contribution in [0.15, 0.2) is 192 Å². The van der Waals surface area contributed by atoms with Crippen molar-refractivity contribution < 1.29 is 4.42 Å². The molecule has 0 atom stereocenters. The molecule has 6 heteroatoms. The van der Waals surface area contributed by atoms with E-state index in [1.54, 1.807) is 0 Å². The van der Waals surface area contributed by atoms with Gasteiger partial charge in [-0.1, -0.05) is 115 Å². The van der Waals surface area contributed by atoms with Crippen molar-refractivity contribution >= 4 is 65.6 Å². The maximum Gasteiger partial charge on any atom is 0.164 e. The molecule has 0 aliphatic heterocycles. The Morgan fingerprint density at radius 2 is 0.737 bits per heavy atom. The molecule has 0 radical (unpaired) electrons. The van der Waals surface area contributed by atoms with Crippen molar-refractivity contribution in [3.05, 3.63) is 188 Å². The lowest BCUT2D eigenvalue weighted by molar-refractivity contribution is 0.669. The summed E-state index contributed by atoms with van der Waals surface area (Å²) in [5, 5.41) is 6.95. The van der Waals surface area contributed by atoms with E-state index >= 15 is 0 Å². The van der Waals surface area contributed by atoms with Gasteiger partial charge in [0.1, 0.15) is 11.2 Å². The van der Waals surface area contributed by atoms with Crippen molar-refractivity contribution in [3.63, 3.8) is 0 Å². The molecule has 0 unspecified atom stereocenters. The number of hydrogen-bond acceptors (Lipinski definition) is 4. The third-order valence-electron chi connectivity index (χ3n) is 11.2. The third-order valence-corrected chi connectivity index (χ3v) is 11.2. The predicted molar refractivity (Wildman–Crippen MR) is 232 cm³/mol. The molecule has 0 bridgehead atoms. The summed E-state index contributed by atoms with van der Waals surface area (Å²) < 4.78 is 11.4. The number of furan rings is 1. The minimum Gasteiger partial charge on any atom is -0.456 e. The van der Waals surface area contributed by atoms with Crippen LogP contribution in [0.2, 0.25) is 0 Å². The molecule has 4 aromatic heterocycles. The van der Waals surface area contributed by atoms with E-state index < -0.39 is 0 Å². The standard InChI is InChI=1S/C51H31N5O/c1-3-13-32(14-4-1)49-52-50(33-15-5-2-6-16-33)54-51(53-49)34-23-25-35(26-24-34)55-45-22-12-9-19-39(45)41-31-48-42(30-46(41)55)40-28-27-36(29-47(40)57-48)56-43-20-10-7-17-37(43)38-18-8-11-21-44(38)56/h1-31H. The minimum atomic E-state index is 0.628. The summed E-state index contributed by atoms with van der Waals surface area (Å²) in [6, 6.07) is 65.5. The first-order valence-electron chi connectivity index (χ1n) is 19.1. The van der Waals surface area contributed by atoms with Crippen LogP contribution < -0.4 is 0 Å². The van der Waals surface area contributed by atoms with Crippen LogP contribution in [0.3, 0.4) is 0 Å². The van der Waals surface area contributed by atoms with Gasteiger partial charge >= 0.3 is 0 Å². The largest absolute Gasteiger partial charge is 0.456 e. The zero-order valence-corrected chi connectivity index (χ0v) is 30.5. The first-order chi connectivity index (χ1) is 28.2. The number of fused-ring (bicyclic) bond motifs is 9. The SMILES string of the molecule is c1ccc(-c2nc(-c3ccccc3)nc(-c3ccc(-n4c5ccccc5c5cc6oc7cc(-n8c9ccccc9c9ccccc98)ccc7c6cc54)cc3)n2)cc1. The molecular weight excluding hydrogens is 699 g/mol. The monoisotopic (exact) mass is 729 g/mol. The minimum absolute atomic E-state index is 0.628. The molecule has 12 aromatic rings. The van der Waals surface area contributed by atoms with Crippen LogP contribution >= 0.6 is 0 Å². The Hall–Kier alpha value is -7.83. The topological polar surface area (TPSA) is 61.7 Å². The maximum atomic E-state index is 6.69. The van der Waals surface area contributed by atoms with Crippen LogP contribution in [0.4, 0.5) is 0 Å². The lowest BCUT2D eigenvalue weighted by Crippen LogP contribution is -2.00. The van der Waals surface area contributed by atoms with E-state index in [4.69, 9.17) is 19.4 Å². The van der Waals surface area contributed by atoms with Crippen LogP contribution in [-0.4, -0.2) is 24.1 Å². The molecule has 0 N–H and O–H groups in total. The van der Waals surface area contributed by atoms with Gasteiger partial charge in [0.05, 0.1) is 22.1 Å². The van der Waals surface area contributed by atoms with Gasteiger partial charge < -0.3 is 13.6 Å². The van der Waals surface area contributed by atoms with E-state index in [1.807, 2.05) is 60.7 Å². The molecule has 0 fully saturated rings. The maximum absolute atomic E-state index is 6.69. The molecule has 0 saturated carbocycles. The molecule has 0 aliphatic rings. The first kappa shape index (κ1) is 31.5. The summed E-state index contributed by atoms with van der Waals surface area (Å²) in [7, 11) is 0. The molecule has 6 nitrogen and oxygen atoms in total. The van der Waals surface area contributed by atoms with Gasteiger partial charge in [-0.25, -0.2) is 15.0 Å². The smallest absolute Gasteiger partial charge is 0.164 e. The molecule has 0 amide bonds. The molecule has 0 saturated heterocycles. The Morgan fingerprint density at radius 1 is 0.298 bits per heavy atom. The Kier molecular flexibility index (Phi) is 6.83. The quantitative estimate of drug-likeness (QED) is 0.177. The summed E-state index contributed by atoms with van der Waals surface area (Å²) in [4.78, 5) is 14.8. The Labute approximate surface area is 326 Å². The van der Waals surface area contributed by atoms with Gasteiger partial charge in [-0.2, -0.15) is 0 Å². The Morgan fingerprint density at radius 3 is 1.30 bits per heavy atom. The van der Waals surface area contributed by atoms with Gasteiger partial charge in [-0.05, 0) is 66.7 Å². The van der Waals surface area contributed by atoms with Crippen LogP contribution in [0, 0.1) is 0 Å². The van der Waals surface area contributed by atoms with Crippen LogP contribution in [-0.2, 0) is 0 Å². The second-order valence-corrected chi connectivity index (χ2v) is 14.5. The molecule has 4 heterocycles. The molecule has 8 aromatic carbocycles. The molecule has 0 spiro atoms. The summed E-state index contributed by atoms with van der Waals surface area (Å²) in [6.45, 7) is 0. The molecule has 0 aliphatic carbocycles. The number of aromatic nitrogens is 5. The van der Waals surface area contributed by atoms with Gasteiger partial charge in [0.15, 0.2) is 17.5 Å². The number of para-hydroxylation sites is 3. The predicted octanol–water partition coefficient (Wildman–Crippen LogP) is 13.0. The molecule has 57 heavy (non-hydrogen) atoms. The van der Waals surface area contributed by atoms with E-state index in [0.29, 0.717) is 17.5 Å². The highest BCUT2D eigenvalue weighted by Gasteiger charge is 2.19. The number of hydrogen-bond donors (Lipinski definition) is 0. The van der Waals surface area contributed by atoms with Crippen LogP contribution in [0.25, 0.3) is 111 Å². The van der Waals surface area contributed by atoms with Gasteiger partial charge in [0.25, 0.3) is 0 Å². The zero-order chi connectivity index (χ0) is 37.5. The molecule has 12 rings (SSSR count). The van der Waals surface area contributed by atoms with Crippen molar-refractivity contribution in [2.45, 2.75) is 0 Å². The fourth-order valence-electron chi connectivity index (χ4n) is 8.54. The molecular formula is C51H31N5O. The van der Waals surface area contributed by atoms with E-state index in [2.05, 4.69) is 137 Å². The van der Waals surface area contributed by atoms with Gasteiger partial charge in [0.2, 0.25) is 0 Å². The summed E-state index contributed by atoms with van der Waals surface area (Å²) >= 11 is 0. The normalized spacial score (nSPS) is 11.9. The Balaban J connectivity index is 0.996.